The van der Waals surface area contributed by atoms with Gasteiger partial charge in [0.25, 0.3) is 0 Å². The summed E-state index contributed by atoms with van der Waals surface area (Å²) in [6.45, 7) is 15.1. The van der Waals surface area contributed by atoms with E-state index in [0.29, 0.717) is 23.8 Å². The highest BCUT2D eigenvalue weighted by atomic mass is 16.5. The van der Waals surface area contributed by atoms with Gasteiger partial charge in [0.1, 0.15) is 6.10 Å². The summed E-state index contributed by atoms with van der Waals surface area (Å²) in [4.78, 5) is 0. The van der Waals surface area contributed by atoms with Crippen molar-refractivity contribution in [3.63, 3.8) is 0 Å². The molecule has 1 aromatic rings. The summed E-state index contributed by atoms with van der Waals surface area (Å²) < 4.78 is 11.9. The molecule has 3 rings (SSSR count). The van der Waals surface area contributed by atoms with Gasteiger partial charge in [-0.1, -0.05) is 67.4 Å². The van der Waals surface area contributed by atoms with Crippen molar-refractivity contribution in [1.29, 1.82) is 0 Å². The van der Waals surface area contributed by atoms with Gasteiger partial charge in [0, 0.05) is 17.5 Å². The van der Waals surface area contributed by atoms with Crippen LogP contribution in [0.15, 0.2) is 12.1 Å². The molecule has 0 aromatic heterocycles. The highest BCUT2D eigenvalue weighted by molar-refractivity contribution is 5.57. The summed E-state index contributed by atoms with van der Waals surface area (Å²) in [6, 6.07) is 4.72. The van der Waals surface area contributed by atoms with Crippen LogP contribution in [-0.4, -0.2) is 20.3 Å². The van der Waals surface area contributed by atoms with Crippen LogP contribution in [0.25, 0.3) is 0 Å². The molecule has 1 aromatic carbocycles. The fourth-order valence-electron chi connectivity index (χ4n) is 4.22. The number of hydrogen-bond acceptors (Lipinski definition) is 3. The van der Waals surface area contributed by atoms with E-state index in [9.17, 15) is 0 Å². The van der Waals surface area contributed by atoms with Gasteiger partial charge < -0.3 is 14.8 Å². The summed E-state index contributed by atoms with van der Waals surface area (Å²) >= 11 is 0. The van der Waals surface area contributed by atoms with Gasteiger partial charge in [0.15, 0.2) is 11.5 Å². The lowest BCUT2D eigenvalue weighted by molar-refractivity contribution is 0.115. The second kappa shape index (κ2) is 10.8. The van der Waals surface area contributed by atoms with Crippen molar-refractivity contribution in [2.45, 2.75) is 85.8 Å². The molecule has 150 valence electrons. The van der Waals surface area contributed by atoms with Crippen molar-refractivity contribution in [2.24, 2.45) is 11.8 Å². The Hall–Kier alpha value is -1.22. The quantitative estimate of drug-likeness (QED) is 0.678. The average Bonchev–Trinajstić information content (AvgIpc) is 3.07. The highest BCUT2D eigenvalue weighted by Gasteiger charge is 2.47. The zero-order valence-electron chi connectivity index (χ0n) is 18.5. The smallest absolute Gasteiger partial charge is 0.165 e. The number of methoxy groups -OCH3 is 1. The SMILES string of the molecule is CC.CCC.CCC1CC(NC)c2ccc(OC)c3c2C1C(C(C)C)O3. The van der Waals surface area contributed by atoms with E-state index < -0.39 is 0 Å². The molecule has 3 nitrogen and oxygen atoms in total. The minimum Gasteiger partial charge on any atom is -0.493 e. The first-order valence-electron chi connectivity index (χ1n) is 10.6. The van der Waals surface area contributed by atoms with Crippen LogP contribution in [-0.2, 0) is 0 Å². The van der Waals surface area contributed by atoms with Crippen LogP contribution in [0.3, 0.4) is 0 Å². The minimum atomic E-state index is 0.276. The zero-order valence-corrected chi connectivity index (χ0v) is 18.5. The maximum Gasteiger partial charge on any atom is 0.165 e. The van der Waals surface area contributed by atoms with Crippen LogP contribution in [0.2, 0.25) is 0 Å². The summed E-state index contributed by atoms with van der Waals surface area (Å²) in [6.07, 6.45) is 3.92. The summed E-state index contributed by atoms with van der Waals surface area (Å²) in [5, 5.41) is 3.49. The van der Waals surface area contributed by atoms with Gasteiger partial charge in [-0.25, -0.2) is 0 Å². The van der Waals surface area contributed by atoms with E-state index in [2.05, 4.69) is 59.1 Å². The summed E-state index contributed by atoms with van der Waals surface area (Å²) in [7, 11) is 3.79. The largest absolute Gasteiger partial charge is 0.493 e. The Morgan fingerprint density at radius 3 is 2.27 bits per heavy atom. The van der Waals surface area contributed by atoms with Crippen molar-refractivity contribution in [1.82, 2.24) is 5.32 Å². The Morgan fingerprint density at radius 2 is 1.81 bits per heavy atom. The Kier molecular flexibility index (Phi) is 9.49. The molecule has 1 aliphatic carbocycles. The van der Waals surface area contributed by atoms with E-state index in [-0.39, 0.29) is 6.10 Å². The van der Waals surface area contributed by atoms with Crippen LogP contribution in [0.4, 0.5) is 0 Å². The molecule has 0 saturated heterocycles. The van der Waals surface area contributed by atoms with Crippen molar-refractivity contribution < 1.29 is 9.47 Å². The van der Waals surface area contributed by atoms with Crippen molar-refractivity contribution in [3.8, 4) is 11.5 Å². The average molecular weight is 364 g/mol. The highest BCUT2D eigenvalue weighted by Crippen LogP contribution is 2.56. The molecule has 1 heterocycles. The van der Waals surface area contributed by atoms with Crippen molar-refractivity contribution in [3.05, 3.63) is 23.3 Å². The molecular weight excluding hydrogens is 322 g/mol. The third kappa shape index (κ3) is 4.36. The number of ether oxygens (including phenoxy) is 2. The first kappa shape index (κ1) is 22.8. The molecule has 0 fully saturated rings. The van der Waals surface area contributed by atoms with Gasteiger partial charge in [0.05, 0.1) is 7.11 Å². The molecule has 0 amide bonds. The third-order valence-corrected chi connectivity index (χ3v) is 5.31. The Balaban J connectivity index is 0.000000615. The first-order chi connectivity index (χ1) is 12.5. The molecule has 1 N–H and O–H groups in total. The Morgan fingerprint density at radius 1 is 1.19 bits per heavy atom. The van der Waals surface area contributed by atoms with Gasteiger partial charge in [-0.15, -0.1) is 0 Å². The number of rotatable bonds is 4. The molecule has 26 heavy (non-hydrogen) atoms. The standard InChI is InChI=1S/C18H27NO2.C3H8.C2H6/c1-6-11-9-13(19-4)12-7-8-14(20-5)18-16(12)15(11)17(21-18)10(2)3;1-3-2;1-2/h7-8,10-11,13,15,17,19H,6,9H2,1-5H3;3H2,1-2H3;1-2H3. The molecule has 3 heteroatoms. The van der Waals surface area contributed by atoms with Crippen LogP contribution >= 0.6 is 0 Å². The van der Waals surface area contributed by atoms with E-state index in [1.807, 2.05) is 13.8 Å². The van der Waals surface area contributed by atoms with E-state index in [4.69, 9.17) is 9.47 Å². The second-order valence-corrected chi connectivity index (χ2v) is 7.40. The lowest BCUT2D eigenvalue weighted by atomic mass is 9.69. The van der Waals surface area contributed by atoms with Gasteiger partial charge in [-0.05, 0) is 36.9 Å². The van der Waals surface area contributed by atoms with Crippen molar-refractivity contribution in [2.75, 3.05) is 14.2 Å². The molecule has 2 aliphatic rings. The Labute approximate surface area is 161 Å². The van der Waals surface area contributed by atoms with E-state index in [1.54, 1.807) is 7.11 Å². The summed E-state index contributed by atoms with van der Waals surface area (Å²) in [5.41, 5.74) is 2.82. The van der Waals surface area contributed by atoms with E-state index in [1.165, 1.54) is 30.4 Å². The fraction of sp³-hybridized carbons (Fsp3) is 0.739. The van der Waals surface area contributed by atoms with Gasteiger partial charge in [-0.3, -0.25) is 0 Å². The maximum atomic E-state index is 6.39. The molecule has 0 radical (unpaired) electrons. The van der Waals surface area contributed by atoms with Gasteiger partial charge >= 0.3 is 0 Å². The molecule has 0 saturated carbocycles. The van der Waals surface area contributed by atoms with Gasteiger partial charge in [0.2, 0.25) is 0 Å². The van der Waals surface area contributed by atoms with Gasteiger partial charge in [-0.2, -0.15) is 0 Å². The first-order valence-corrected chi connectivity index (χ1v) is 10.6. The van der Waals surface area contributed by atoms with E-state index >= 15 is 0 Å². The number of nitrogens with one attached hydrogen (secondary N) is 1. The normalized spacial score (nSPS) is 25.3. The second-order valence-electron chi connectivity index (χ2n) is 7.40. The number of benzene rings is 1. The molecular formula is C23H41NO2. The molecule has 1 aliphatic heterocycles. The summed E-state index contributed by atoms with van der Waals surface area (Å²) in [5.74, 6) is 3.58. The molecule has 4 atom stereocenters. The lowest BCUT2D eigenvalue weighted by Gasteiger charge is -2.37. The lowest BCUT2D eigenvalue weighted by Crippen LogP contribution is -2.35. The van der Waals surface area contributed by atoms with Crippen LogP contribution in [0.5, 0.6) is 11.5 Å². The predicted molar refractivity (Wildman–Crippen MR) is 113 cm³/mol. The molecule has 4 unspecified atom stereocenters. The molecule has 0 spiro atoms. The van der Waals surface area contributed by atoms with Crippen LogP contribution in [0, 0.1) is 11.8 Å². The monoisotopic (exact) mass is 363 g/mol. The molecule has 0 bridgehead atoms. The van der Waals surface area contributed by atoms with Crippen LogP contribution < -0.4 is 14.8 Å². The Bertz CT molecular complexity index is 541. The maximum absolute atomic E-state index is 6.39. The van der Waals surface area contributed by atoms with Crippen LogP contribution in [0.1, 0.15) is 90.8 Å². The fourth-order valence-corrected chi connectivity index (χ4v) is 4.22. The number of hydrogen-bond donors (Lipinski definition) is 1. The van der Waals surface area contributed by atoms with E-state index in [0.717, 1.165) is 11.5 Å². The minimum absolute atomic E-state index is 0.276. The topological polar surface area (TPSA) is 30.5 Å². The zero-order chi connectivity index (χ0) is 19.9. The van der Waals surface area contributed by atoms with Crippen molar-refractivity contribution >= 4 is 0 Å². The predicted octanol–water partition coefficient (Wildman–Crippen LogP) is 6.33. The third-order valence-electron chi connectivity index (χ3n) is 5.31.